The zero-order chi connectivity index (χ0) is 3.41. The van der Waals surface area contributed by atoms with Crippen LogP contribution < -0.4 is 0 Å². The summed E-state index contributed by atoms with van der Waals surface area (Å²) in [4.78, 5) is 2.15. The first-order valence-corrected chi connectivity index (χ1v) is 1.35. The molecule has 0 heterocycles. The summed E-state index contributed by atoms with van der Waals surface area (Å²) in [6.45, 7) is 0. The second-order valence-electron chi connectivity index (χ2n) is 0.171. The van der Waals surface area contributed by atoms with Crippen molar-refractivity contribution in [2.45, 2.75) is 0 Å². The van der Waals surface area contributed by atoms with Gasteiger partial charge in [-0.1, -0.05) is 0 Å². The number of hydrogen-bond donors (Lipinski definition) is 1. The first kappa shape index (κ1) is 3.99. The van der Waals surface area contributed by atoms with Gasteiger partial charge in [0.1, 0.15) is 0 Å². The molecule has 4 heavy (non-hydrogen) atoms. The van der Waals surface area contributed by atoms with E-state index in [4.69, 9.17) is 9.77 Å². The molecule has 0 aliphatic heterocycles. The predicted octanol–water partition coefficient (Wildman–Crippen LogP) is 0.851. The number of nitrogens with zero attached hydrogens (tertiary/aromatic N) is 1. The topological polar surface area (TPSA) is 49.7 Å². The third-order valence-corrected chi connectivity index (χ3v) is 0.110. The van der Waals surface area contributed by atoms with Crippen LogP contribution in [0.5, 0.6) is 0 Å². The van der Waals surface area contributed by atoms with Crippen molar-refractivity contribution in [3.8, 4) is 0 Å². The molecule has 0 aromatic rings. The molecule has 0 aliphatic rings. The van der Waals surface area contributed by atoms with Crippen LogP contribution in [0.4, 0.5) is 0 Å². The molecule has 0 fully saturated rings. The van der Waals surface area contributed by atoms with Crippen molar-refractivity contribution in [3.05, 3.63) is 0 Å². The number of rotatable bonds is 0. The average molecular weight is 78.0 g/mol. The Kier molecular flexibility index (Phi) is 2.98. The van der Waals surface area contributed by atoms with Crippen LogP contribution >= 0.6 is 8.25 Å². The SMILES string of the molecule is O=[P+]=NO. The molecule has 0 saturated carbocycles. The second-order valence-corrected chi connectivity index (χ2v) is 0.513. The molecule has 0 aromatic carbocycles. The third-order valence-electron chi connectivity index (χ3n) is 0.0365. The van der Waals surface area contributed by atoms with Crippen molar-refractivity contribution in [1.29, 1.82) is 0 Å². The van der Waals surface area contributed by atoms with Gasteiger partial charge < -0.3 is 0 Å². The van der Waals surface area contributed by atoms with Crippen LogP contribution in [-0.2, 0) is 4.57 Å². The van der Waals surface area contributed by atoms with Gasteiger partial charge in [-0.2, -0.15) is 0 Å². The fourth-order valence-electron chi connectivity index (χ4n) is 0. The normalized spacial score (nSPS) is 5.25. The Hall–Kier alpha value is -0.0100. The van der Waals surface area contributed by atoms with Crippen molar-refractivity contribution in [2.24, 2.45) is 4.91 Å². The van der Waals surface area contributed by atoms with E-state index in [1.807, 2.05) is 0 Å². The summed E-state index contributed by atoms with van der Waals surface area (Å²) in [6, 6.07) is 0. The average Bonchev–Trinajstić information content (AvgIpc) is 1.37. The standard InChI is InChI=1S/NO2P/c2-1-4-3/p+1. The summed E-state index contributed by atoms with van der Waals surface area (Å²) >= 11 is 0. The van der Waals surface area contributed by atoms with E-state index in [1.54, 1.807) is 0 Å². The molecule has 3 nitrogen and oxygen atoms in total. The van der Waals surface area contributed by atoms with Crippen molar-refractivity contribution in [1.82, 2.24) is 0 Å². The molecule has 0 aliphatic carbocycles. The quantitative estimate of drug-likeness (QED) is 0.345. The van der Waals surface area contributed by atoms with Gasteiger partial charge in [-0.25, -0.2) is 0 Å². The van der Waals surface area contributed by atoms with Gasteiger partial charge in [0.25, 0.3) is 0 Å². The molecule has 0 radical (unpaired) electrons. The Balaban J connectivity index is 3.11. The van der Waals surface area contributed by atoms with Crippen molar-refractivity contribution in [2.75, 3.05) is 0 Å². The van der Waals surface area contributed by atoms with E-state index in [9.17, 15) is 0 Å². The van der Waals surface area contributed by atoms with Crippen LogP contribution in [0.3, 0.4) is 0 Å². The molecule has 0 saturated heterocycles. The monoisotopic (exact) mass is 78.0 g/mol. The van der Waals surface area contributed by atoms with Gasteiger partial charge in [0, 0.05) is 0 Å². The summed E-state index contributed by atoms with van der Waals surface area (Å²) in [6.07, 6.45) is 0. The van der Waals surface area contributed by atoms with Gasteiger partial charge in [0.15, 0.2) is 0 Å². The van der Waals surface area contributed by atoms with Gasteiger partial charge in [-0.05, 0) is 0 Å². The van der Waals surface area contributed by atoms with Gasteiger partial charge in [-0.3, -0.25) is 0 Å². The van der Waals surface area contributed by atoms with Gasteiger partial charge in [0.2, 0.25) is 0 Å². The molecule has 22 valence electrons. The summed E-state index contributed by atoms with van der Waals surface area (Å²) in [5.74, 6) is 0. The maximum atomic E-state index is 8.85. The minimum atomic E-state index is -0.571. The molecular weight excluding hydrogens is 77.0 g/mol. The summed E-state index contributed by atoms with van der Waals surface area (Å²) in [5.41, 5.74) is 0. The van der Waals surface area contributed by atoms with E-state index in [-0.39, 0.29) is 0 Å². The van der Waals surface area contributed by atoms with Crippen molar-refractivity contribution in [3.63, 3.8) is 0 Å². The summed E-state index contributed by atoms with van der Waals surface area (Å²) < 4.78 is 8.85. The molecule has 0 unspecified atom stereocenters. The Morgan fingerprint density at radius 2 is 2.25 bits per heavy atom. The zero-order valence-electron chi connectivity index (χ0n) is 1.75. The number of hydrogen-bond acceptors (Lipinski definition) is 2. The molecule has 0 spiro atoms. The summed E-state index contributed by atoms with van der Waals surface area (Å²) in [7, 11) is -0.571. The van der Waals surface area contributed by atoms with Crippen molar-refractivity contribution < 1.29 is 9.77 Å². The van der Waals surface area contributed by atoms with E-state index in [0.29, 0.717) is 0 Å². The Bertz CT molecular complexity index is 44.0. The molecule has 1 N–H and O–H groups in total. The van der Waals surface area contributed by atoms with E-state index in [1.165, 1.54) is 0 Å². The molecule has 4 heteroatoms. The first-order chi connectivity index (χ1) is 1.91. The van der Waals surface area contributed by atoms with Crippen LogP contribution in [0.25, 0.3) is 0 Å². The predicted molar refractivity (Wildman–Crippen MR) is 11.8 cm³/mol. The van der Waals surface area contributed by atoms with Crippen LogP contribution in [0, 0.1) is 0 Å². The molecule has 0 aromatic heterocycles. The van der Waals surface area contributed by atoms with Gasteiger partial charge in [-0.15, -0.1) is 0 Å². The first-order valence-electron chi connectivity index (χ1n) is 0.583. The summed E-state index contributed by atoms with van der Waals surface area (Å²) in [5, 5.41) is 7.18. The molecule has 0 amide bonds. The van der Waals surface area contributed by atoms with Crippen LogP contribution in [0.2, 0.25) is 0 Å². The zero-order valence-corrected chi connectivity index (χ0v) is 2.64. The molecule has 0 rings (SSSR count). The van der Waals surface area contributed by atoms with Crippen LogP contribution in [0.15, 0.2) is 4.91 Å². The van der Waals surface area contributed by atoms with Crippen LogP contribution in [-0.4, -0.2) is 5.21 Å². The molecule has 0 atom stereocenters. The van der Waals surface area contributed by atoms with E-state index in [0.717, 1.165) is 0 Å². The minimum absolute atomic E-state index is 0.571. The van der Waals surface area contributed by atoms with E-state index < -0.39 is 8.25 Å². The van der Waals surface area contributed by atoms with Crippen LogP contribution in [0.1, 0.15) is 0 Å². The fraction of sp³-hybridized carbons (Fsp3) is 0. The van der Waals surface area contributed by atoms with Crippen molar-refractivity contribution >= 4 is 8.25 Å². The Morgan fingerprint density at radius 3 is 2.25 bits per heavy atom. The third kappa shape index (κ3) is 1.99. The van der Waals surface area contributed by atoms with E-state index >= 15 is 0 Å². The Labute approximate surface area is 24.1 Å². The van der Waals surface area contributed by atoms with Gasteiger partial charge >= 0.3 is 22.9 Å². The maximum absolute atomic E-state index is 8.85. The second kappa shape index (κ2) is 2.99. The Morgan fingerprint density at radius 1 is 2.00 bits per heavy atom. The van der Waals surface area contributed by atoms with E-state index in [2.05, 4.69) is 4.91 Å². The fourth-order valence-corrected chi connectivity index (χ4v) is 0. The van der Waals surface area contributed by atoms with Gasteiger partial charge in [0.05, 0.1) is 0 Å². The molecular formula is HNO2P+. The molecule has 0 bridgehead atoms.